The van der Waals surface area contributed by atoms with Crippen LogP contribution in [0.4, 0.5) is 4.79 Å². The summed E-state index contributed by atoms with van der Waals surface area (Å²) in [5.41, 5.74) is -0.224. The van der Waals surface area contributed by atoms with Crippen LogP contribution < -0.4 is 10.6 Å². The summed E-state index contributed by atoms with van der Waals surface area (Å²) in [7, 11) is 0. The van der Waals surface area contributed by atoms with E-state index >= 15 is 0 Å². The zero-order chi connectivity index (χ0) is 14.6. The SMILES string of the molecule is CC(C)C(=O)N1CCC(NC(=O)NC(C)(C)C)CC1. The largest absolute Gasteiger partial charge is 0.342 e. The molecule has 1 rings (SSSR count). The molecule has 3 amide bonds. The van der Waals surface area contributed by atoms with Crippen LogP contribution in [0.1, 0.15) is 47.5 Å². The molecule has 0 aliphatic carbocycles. The van der Waals surface area contributed by atoms with Gasteiger partial charge in [0, 0.05) is 30.6 Å². The lowest BCUT2D eigenvalue weighted by Crippen LogP contribution is -2.53. The first-order chi connectivity index (χ1) is 8.69. The van der Waals surface area contributed by atoms with Gasteiger partial charge in [0.1, 0.15) is 0 Å². The van der Waals surface area contributed by atoms with E-state index in [0.717, 1.165) is 25.9 Å². The first kappa shape index (κ1) is 15.8. The maximum Gasteiger partial charge on any atom is 0.315 e. The van der Waals surface area contributed by atoms with Crippen LogP contribution in [0.2, 0.25) is 0 Å². The molecule has 0 aromatic carbocycles. The molecule has 5 heteroatoms. The molecule has 110 valence electrons. The third-order valence-electron chi connectivity index (χ3n) is 3.12. The lowest BCUT2D eigenvalue weighted by Gasteiger charge is -2.34. The summed E-state index contributed by atoms with van der Waals surface area (Å²) in [6.07, 6.45) is 1.66. The molecule has 0 atom stereocenters. The molecule has 5 nitrogen and oxygen atoms in total. The average Bonchev–Trinajstić information content (AvgIpc) is 2.26. The molecule has 0 aromatic heterocycles. The lowest BCUT2D eigenvalue weighted by molar-refractivity contribution is -0.135. The third kappa shape index (κ3) is 5.49. The Balaban J connectivity index is 2.34. The smallest absolute Gasteiger partial charge is 0.315 e. The molecule has 0 bridgehead atoms. The molecule has 0 aromatic rings. The molecule has 19 heavy (non-hydrogen) atoms. The molecule has 0 saturated carbocycles. The number of rotatable bonds is 2. The predicted molar refractivity (Wildman–Crippen MR) is 75.9 cm³/mol. The molecular formula is C14H27N3O2. The topological polar surface area (TPSA) is 61.4 Å². The van der Waals surface area contributed by atoms with Crippen LogP contribution >= 0.6 is 0 Å². The van der Waals surface area contributed by atoms with Crippen molar-refractivity contribution in [2.45, 2.75) is 59.0 Å². The minimum atomic E-state index is -0.224. The van der Waals surface area contributed by atoms with Gasteiger partial charge in [-0.25, -0.2) is 4.79 Å². The number of carbonyl (C=O) groups is 2. The zero-order valence-corrected chi connectivity index (χ0v) is 12.7. The summed E-state index contributed by atoms with van der Waals surface area (Å²) < 4.78 is 0. The van der Waals surface area contributed by atoms with Crippen LogP contribution in [-0.2, 0) is 4.79 Å². The number of hydrogen-bond acceptors (Lipinski definition) is 2. The van der Waals surface area contributed by atoms with Gasteiger partial charge in [0.2, 0.25) is 5.91 Å². The Morgan fingerprint density at radius 3 is 2.11 bits per heavy atom. The van der Waals surface area contributed by atoms with E-state index in [2.05, 4.69) is 10.6 Å². The predicted octanol–water partition coefficient (Wildman–Crippen LogP) is 1.73. The van der Waals surface area contributed by atoms with E-state index in [1.165, 1.54) is 0 Å². The first-order valence-corrected chi connectivity index (χ1v) is 7.06. The van der Waals surface area contributed by atoms with Crippen molar-refractivity contribution in [3.05, 3.63) is 0 Å². The van der Waals surface area contributed by atoms with Gasteiger partial charge in [-0.05, 0) is 33.6 Å². The Labute approximate surface area is 116 Å². The maximum atomic E-state index is 11.8. The summed E-state index contributed by atoms with van der Waals surface area (Å²) in [4.78, 5) is 25.5. The van der Waals surface area contributed by atoms with E-state index in [1.807, 2.05) is 39.5 Å². The second-order valence-electron chi connectivity index (χ2n) is 6.60. The Morgan fingerprint density at radius 2 is 1.68 bits per heavy atom. The summed E-state index contributed by atoms with van der Waals surface area (Å²) >= 11 is 0. The highest BCUT2D eigenvalue weighted by atomic mass is 16.2. The van der Waals surface area contributed by atoms with Crippen LogP contribution in [0, 0.1) is 5.92 Å². The van der Waals surface area contributed by atoms with E-state index in [4.69, 9.17) is 0 Å². The van der Waals surface area contributed by atoms with E-state index in [-0.39, 0.29) is 29.4 Å². The Kier molecular flexibility index (Phi) is 5.20. The molecule has 1 aliphatic heterocycles. The van der Waals surface area contributed by atoms with Crippen molar-refractivity contribution >= 4 is 11.9 Å². The van der Waals surface area contributed by atoms with Gasteiger partial charge in [-0.2, -0.15) is 0 Å². The minimum absolute atomic E-state index is 0.0497. The maximum absolute atomic E-state index is 11.8. The second-order valence-corrected chi connectivity index (χ2v) is 6.60. The first-order valence-electron chi connectivity index (χ1n) is 7.06. The fraction of sp³-hybridized carbons (Fsp3) is 0.857. The van der Waals surface area contributed by atoms with Crippen LogP contribution in [0.5, 0.6) is 0 Å². The van der Waals surface area contributed by atoms with Crippen LogP contribution in [0.25, 0.3) is 0 Å². The highest BCUT2D eigenvalue weighted by molar-refractivity contribution is 5.78. The molecule has 2 N–H and O–H groups in total. The summed E-state index contributed by atoms with van der Waals surface area (Å²) in [6, 6.07) is 0.0414. The van der Waals surface area contributed by atoms with E-state index in [1.54, 1.807) is 0 Å². The van der Waals surface area contributed by atoms with Crippen molar-refractivity contribution in [2.24, 2.45) is 5.92 Å². The van der Waals surface area contributed by atoms with Gasteiger partial charge in [0.15, 0.2) is 0 Å². The molecular weight excluding hydrogens is 242 g/mol. The molecule has 0 unspecified atom stereocenters. The number of hydrogen-bond donors (Lipinski definition) is 2. The monoisotopic (exact) mass is 269 g/mol. The fourth-order valence-corrected chi connectivity index (χ4v) is 2.17. The third-order valence-corrected chi connectivity index (χ3v) is 3.12. The van der Waals surface area contributed by atoms with Crippen LogP contribution in [-0.4, -0.2) is 41.5 Å². The van der Waals surface area contributed by atoms with E-state index in [9.17, 15) is 9.59 Å². The lowest BCUT2D eigenvalue weighted by atomic mass is 10.0. The van der Waals surface area contributed by atoms with Crippen molar-refractivity contribution in [1.82, 2.24) is 15.5 Å². The van der Waals surface area contributed by atoms with Gasteiger partial charge in [0.25, 0.3) is 0 Å². The van der Waals surface area contributed by atoms with Crippen molar-refractivity contribution in [3.63, 3.8) is 0 Å². The van der Waals surface area contributed by atoms with Gasteiger partial charge in [0.05, 0.1) is 0 Å². The van der Waals surface area contributed by atoms with Crippen molar-refractivity contribution in [2.75, 3.05) is 13.1 Å². The van der Waals surface area contributed by atoms with Crippen molar-refractivity contribution in [1.29, 1.82) is 0 Å². The highest BCUT2D eigenvalue weighted by Gasteiger charge is 2.25. The number of carbonyl (C=O) groups excluding carboxylic acids is 2. The molecule has 1 heterocycles. The number of urea groups is 1. The van der Waals surface area contributed by atoms with Crippen molar-refractivity contribution in [3.8, 4) is 0 Å². The highest BCUT2D eigenvalue weighted by Crippen LogP contribution is 2.13. The minimum Gasteiger partial charge on any atom is -0.342 e. The molecule has 1 saturated heterocycles. The number of piperidine rings is 1. The molecule has 0 radical (unpaired) electrons. The molecule has 0 spiro atoms. The fourth-order valence-electron chi connectivity index (χ4n) is 2.17. The Hall–Kier alpha value is -1.26. The number of nitrogens with zero attached hydrogens (tertiary/aromatic N) is 1. The number of amides is 3. The molecule has 1 fully saturated rings. The Bertz CT molecular complexity index is 326. The van der Waals surface area contributed by atoms with Gasteiger partial charge in [-0.3, -0.25) is 4.79 Å². The normalized spacial score (nSPS) is 17.5. The van der Waals surface area contributed by atoms with E-state index < -0.39 is 0 Å². The zero-order valence-electron chi connectivity index (χ0n) is 12.7. The van der Waals surface area contributed by atoms with Gasteiger partial charge < -0.3 is 15.5 Å². The van der Waals surface area contributed by atoms with Gasteiger partial charge >= 0.3 is 6.03 Å². The molecule has 1 aliphatic rings. The number of likely N-dealkylation sites (tertiary alicyclic amines) is 1. The standard InChI is InChI=1S/C14H27N3O2/c1-10(2)12(18)17-8-6-11(7-9-17)15-13(19)16-14(3,4)5/h10-11H,6-9H2,1-5H3,(H2,15,16,19). The average molecular weight is 269 g/mol. The quantitative estimate of drug-likeness (QED) is 0.802. The van der Waals surface area contributed by atoms with Gasteiger partial charge in [-0.1, -0.05) is 13.8 Å². The van der Waals surface area contributed by atoms with Crippen LogP contribution in [0.3, 0.4) is 0 Å². The second kappa shape index (κ2) is 6.26. The van der Waals surface area contributed by atoms with Gasteiger partial charge in [-0.15, -0.1) is 0 Å². The summed E-state index contributed by atoms with van der Waals surface area (Å²) in [5, 5.41) is 5.86. The summed E-state index contributed by atoms with van der Waals surface area (Å²) in [6.45, 7) is 11.2. The van der Waals surface area contributed by atoms with Crippen molar-refractivity contribution < 1.29 is 9.59 Å². The Morgan fingerprint density at radius 1 is 1.16 bits per heavy atom. The van der Waals surface area contributed by atoms with E-state index in [0.29, 0.717) is 0 Å². The summed E-state index contributed by atoms with van der Waals surface area (Å²) in [5.74, 6) is 0.256. The number of nitrogens with one attached hydrogen (secondary N) is 2. The van der Waals surface area contributed by atoms with Crippen LogP contribution in [0.15, 0.2) is 0 Å².